The first-order chi connectivity index (χ1) is 15.3. The molecule has 0 aliphatic heterocycles. The summed E-state index contributed by atoms with van der Waals surface area (Å²) in [6, 6.07) is 9.37. The average molecular weight is 439 g/mol. The van der Waals surface area contributed by atoms with E-state index in [-0.39, 0.29) is 39.7 Å². The first-order valence-corrected chi connectivity index (χ1v) is 9.25. The predicted molar refractivity (Wildman–Crippen MR) is 111 cm³/mol. The van der Waals surface area contributed by atoms with E-state index in [0.29, 0.717) is 0 Å². The molecular formula is C20H17N5O7. The van der Waals surface area contributed by atoms with E-state index in [4.69, 9.17) is 0 Å². The van der Waals surface area contributed by atoms with Crippen LogP contribution in [0.1, 0.15) is 38.1 Å². The number of amides is 2. The molecule has 0 unspecified atom stereocenters. The minimum Gasteiger partial charge on any atom is -0.465 e. The van der Waals surface area contributed by atoms with Crippen molar-refractivity contribution in [2.75, 3.05) is 7.11 Å². The summed E-state index contributed by atoms with van der Waals surface area (Å²) in [6.07, 6.45) is 0. The summed E-state index contributed by atoms with van der Waals surface area (Å²) in [5.41, 5.74) is 2.86. The van der Waals surface area contributed by atoms with Gasteiger partial charge in [-0.25, -0.2) is 9.48 Å². The number of aryl methyl sites for hydroxylation is 1. The van der Waals surface area contributed by atoms with Gasteiger partial charge in [-0.15, -0.1) is 0 Å². The zero-order valence-electron chi connectivity index (χ0n) is 16.9. The van der Waals surface area contributed by atoms with Crippen molar-refractivity contribution in [3.63, 3.8) is 0 Å². The molecule has 0 atom stereocenters. The van der Waals surface area contributed by atoms with Crippen molar-refractivity contribution >= 4 is 34.2 Å². The number of carbonyl (C=O) groups excluding carboxylic acids is 3. The third-order valence-corrected chi connectivity index (χ3v) is 4.48. The first-order valence-electron chi connectivity index (χ1n) is 9.25. The molecule has 3 rings (SSSR count). The number of methoxy groups -OCH3 is 1. The highest BCUT2D eigenvalue weighted by Gasteiger charge is 2.20. The van der Waals surface area contributed by atoms with Gasteiger partial charge in [-0.1, -0.05) is 18.2 Å². The van der Waals surface area contributed by atoms with Crippen LogP contribution in [0, 0.1) is 10.1 Å². The van der Waals surface area contributed by atoms with Gasteiger partial charge in [-0.05, 0) is 19.1 Å². The van der Waals surface area contributed by atoms with Crippen LogP contribution in [0.4, 0.5) is 5.69 Å². The van der Waals surface area contributed by atoms with Crippen LogP contribution in [0.3, 0.4) is 0 Å². The van der Waals surface area contributed by atoms with Crippen LogP contribution in [-0.4, -0.2) is 39.6 Å². The number of rotatable bonds is 5. The van der Waals surface area contributed by atoms with E-state index in [1.165, 1.54) is 0 Å². The summed E-state index contributed by atoms with van der Waals surface area (Å²) in [4.78, 5) is 59.6. The highest BCUT2D eigenvalue weighted by Crippen LogP contribution is 2.18. The number of nitro groups is 1. The van der Waals surface area contributed by atoms with Crippen molar-refractivity contribution in [2.24, 2.45) is 0 Å². The highest BCUT2D eigenvalue weighted by molar-refractivity contribution is 6.06. The maximum atomic E-state index is 12.7. The molecule has 12 heteroatoms. The quantitative estimate of drug-likeness (QED) is 0.340. The lowest BCUT2D eigenvalue weighted by atomic mass is 10.1. The number of ether oxygens (including phenoxy) is 1. The Labute approximate surface area is 179 Å². The second-order valence-corrected chi connectivity index (χ2v) is 6.44. The molecule has 0 fully saturated rings. The molecule has 1 heterocycles. The Kier molecular flexibility index (Phi) is 6.24. The van der Waals surface area contributed by atoms with Crippen molar-refractivity contribution in [2.45, 2.75) is 13.5 Å². The van der Waals surface area contributed by atoms with E-state index in [9.17, 15) is 29.3 Å². The van der Waals surface area contributed by atoms with E-state index < -0.39 is 28.4 Å². The Morgan fingerprint density at radius 1 is 1.06 bits per heavy atom. The van der Waals surface area contributed by atoms with Gasteiger partial charge in [0, 0.05) is 29.6 Å². The Bertz CT molecular complexity index is 1320. The van der Waals surface area contributed by atoms with Crippen molar-refractivity contribution in [1.82, 2.24) is 20.6 Å². The molecule has 0 saturated carbocycles. The lowest BCUT2D eigenvalue weighted by Gasteiger charge is -2.11. The summed E-state index contributed by atoms with van der Waals surface area (Å²) in [5, 5.41) is 15.7. The SMILES string of the molecule is CCn1nc(C(=O)NNC(=O)c2cc(C(=O)OC)cc([N+](=O)[O-])c2)c2ccccc2c1=O. The van der Waals surface area contributed by atoms with Crippen LogP contribution in [0.2, 0.25) is 0 Å². The van der Waals surface area contributed by atoms with Gasteiger partial charge < -0.3 is 4.74 Å². The Hall–Kier alpha value is -4.61. The molecule has 0 saturated heterocycles. The average Bonchev–Trinajstić information content (AvgIpc) is 2.81. The summed E-state index contributed by atoms with van der Waals surface area (Å²) in [5.74, 6) is -2.60. The topological polar surface area (TPSA) is 163 Å². The van der Waals surface area contributed by atoms with Crippen LogP contribution in [0.15, 0.2) is 47.3 Å². The molecule has 0 bridgehead atoms. The van der Waals surface area contributed by atoms with Crippen molar-refractivity contribution in [3.8, 4) is 0 Å². The van der Waals surface area contributed by atoms with Crippen LogP contribution in [0.25, 0.3) is 10.8 Å². The van der Waals surface area contributed by atoms with E-state index >= 15 is 0 Å². The third kappa shape index (κ3) is 4.28. The third-order valence-electron chi connectivity index (χ3n) is 4.48. The van der Waals surface area contributed by atoms with Gasteiger partial charge in [0.2, 0.25) is 0 Å². The smallest absolute Gasteiger partial charge is 0.338 e. The number of benzene rings is 2. The fourth-order valence-electron chi connectivity index (χ4n) is 2.95. The number of hydrogen-bond acceptors (Lipinski definition) is 8. The normalized spacial score (nSPS) is 10.4. The zero-order chi connectivity index (χ0) is 23.4. The molecular weight excluding hydrogens is 422 g/mol. The van der Waals surface area contributed by atoms with E-state index in [1.54, 1.807) is 31.2 Å². The molecule has 0 aliphatic carbocycles. The lowest BCUT2D eigenvalue weighted by Crippen LogP contribution is -2.42. The molecule has 2 aromatic carbocycles. The second-order valence-electron chi connectivity index (χ2n) is 6.44. The van der Waals surface area contributed by atoms with Gasteiger partial charge in [0.15, 0.2) is 5.69 Å². The minimum atomic E-state index is -0.916. The number of aromatic nitrogens is 2. The number of nitrogens with one attached hydrogen (secondary N) is 2. The molecule has 164 valence electrons. The van der Waals surface area contributed by atoms with Crippen LogP contribution < -0.4 is 16.4 Å². The van der Waals surface area contributed by atoms with Crippen molar-refractivity contribution in [1.29, 1.82) is 0 Å². The number of fused-ring (bicyclic) bond motifs is 1. The molecule has 1 aromatic heterocycles. The molecule has 32 heavy (non-hydrogen) atoms. The van der Waals surface area contributed by atoms with Crippen LogP contribution in [0.5, 0.6) is 0 Å². The lowest BCUT2D eigenvalue weighted by molar-refractivity contribution is -0.384. The molecule has 2 N–H and O–H groups in total. The predicted octanol–water partition coefficient (Wildman–Crippen LogP) is 1.19. The molecule has 3 aromatic rings. The second kappa shape index (κ2) is 9.04. The van der Waals surface area contributed by atoms with E-state index in [2.05, 4.69) is 20.7 Å². The van der Waals surface area contributed by atoms with Crippen LogP contribution >= 0.6 is 0 Å². The Morgan fingerprint density at radius 3 is 2.31 bits per heavy atom. The molecule has 12 nitrogen and oxygen atoms in total. The summed E-state index contributed by atoms with van der Waals surface area (Å²) < 4.78 is 5.65. The zero-order valence-corrected chi connectivity index (χ0v) is 16.9. The molecule has 0 spiro atoms. The summed E-state index contributed by atoms with van der Waals surface area (Å²) >= 11 is 0. The first kappa shape index (κ1) is 22.1. The number of nitrogens with zero attached hydrogens (tertiary/aromatic N) is 3. The van der Waals surface area contributed by atoms with Gasteiger partial charge in [-0.2, -0.15) is 5.10 Å². The Morgan fingerprint density at radius 2 is 1.69 bits per heavy atom. The molecule has 0 radical (unpaired) electrons. The van der Waals surface area contributed by atoms with Crippen molar-refractivity contribution in [3.05, 3.63) is 79.8 Å². The maximum Gasteiger partial charge on any atom is 0.338 e. The van der Waals surface area contributed by atoms with Gasteiger partial charge in [0.25, 0.3) is 23.1 Å². The maximum absolute atomic E-state index is 12.7. The number of carbonyl (C=O) groups is 3. The van der Waals surface area contributed by atoms with E-state index in [1.807, 2.05) is 0 Å². The van der Waals surface area contributed by atoms with E-state index in [0.717, 1.165) is 30.0 Å². The fraction of sp³-hybridized carbons (Fsp3) is 0.150. The van der Waals surface area contributed by atoms with Gasteiger partial charge >= 0.3 is 5.97 Å². The van der Waals surface area contributed by atoms with Crippen molar-refractivity contribution < 1.29 is 24.0 Å². The largest absolute Gasteiger partial charge is 0.465 e. The Balaban J connectivity index is 1.89. The fourth-order valence-corrected chi connectivity index (χ4v) is 2.95. The van der Waals surface area contributed by atoms with Gasteiger partial charge in [-0.3, -0.25) is 35.3 Å². The monoisotopic (exact) mass is 439 g/mol. The highest BCUT2D eigenvalue weighted by atomic mass is 16.6. The summed E-state index contributed by atoms with van der Waals surface area (Å²) in [7, 11) is 1.09. The number of hydrogen-bond donors (Lipinski definition) is 2. The van der Waals surface area contributed by atoms with Gasteiger partial charge in [0.1, 0.15) is 0 Å². The molecule has 0 aliphatic rings. The number of esters is 1. The van der Waals surface area contributed by atoms with Gasteiger partial charge in [0.05, 0.1) is 23.0 Å². The standard InChI is InChI=1S/C20H17N5O7/c1-3-24-19(28)15-7-5-4-6-14(15)16(23-24)18(27)22-21-17(26)11-8-12(20(29)32-2)10-13(9-11)25(30)31/h4-10H,3H2,1-2H3,(H,21,26)(H,22,27). The minimum absolute atomic E-state index is 0.100. The number of non-ortho nitro benzene ring substituents is 1. The summed E-state index contributed by atoms with van der Waals surface area (Å²) in [6.45, 7) is 1.91. The molecule has 2 amide bonds. The van der Waals surface area contributed by atoms with Crippen LogP contribution in [-0.2, 0) is 11.3 Å². The number of hydrazine groups is 1. The number of nitro benzene ring substituents is 1.